The van der Waals surface area contributed by atoms with E-state index in [-0.39, 0.29) is 10.8 Å². The number of thiophene rings is 1. The quantitative estimate of drug-likeness (QED) is 0.870. The zero-order valence-corrected chi connectivity index (χ0v) is 12.1. The molecule has 0 saturated heterocycles. The highest BCUT2D eigenvalue weighted by Gasteiger charge is 2.23. The fraction of sp³-hybridized carbons (Fsp3) is 0.300. The zero-order chi connectivity index (χ0) is 13.3. The minimum atomic E-state index is -3.52. The maximum absolute atomic E-state index is 12.2. The van der Waals surface area contributed by atoms with Gasteiger partial charge in [0.2, 0.25) is 0 Å². The van der Waals surface area contributed by atoms with E-state index in [1.807, 2.05) is 0 Å². The van der Waals surface area contributed by atoms with Gasteiger partial charge in [0.1, 0.15) is 9.97 Å². The molecular weight excluding hydrogens is 296 g/mol. The van der Waals surface area contributed by atoms with Crippen molar-refractivity contribution in [2.24, 2.45) is 0 Å². The molecule has 2 aromatic rings. The van der Waals surface area contributed by atoms with E-state index in [2.05, 4.69) is 5.16 Å². The van der Waals surface area contributed by atoms with Crippen molar-refractivity contribution in [3.8, 4) is 0 Å². The molecule has 2 aromatic heterocycles. The first kappa shape index (κ1) is 13.5. The predicted octanol–water partition coefficient (Wildman–Crippen LogP) is 2.52. The van der Waals surface area contributed by atoms with Gasteiger partial charge in [-0.1, -0.05) is 16.8 Å². The van der Waals surface area contributed by atoms with Crippen molar-refractivity contribution in [1.82, 2.24) is 9.46 Å². The first-order chi connectivity index (χ1) is 8.39. The summed E-state index contributed by atoms with van der Waals surface area (Å²) in [6.45, 7) is 1.92. The van der Waals surface area contributed by atoms with Crippen molar-refractivity contribution in [3.05, 3.63) is 34.0 Å². The van der Waals surface area contributed by atoms with Gasteiger partial charge in [-0.3, -0.25) is 0 Å². The molecule has 2 rings (SSSR count). The number of halogens is 1. The Morgan fingerprint density at radius 3 is 2.72 bits per heavy atom. The van der Waals surface area contributed by atoms with E-state index < -0.39 is 10.0 Å². The van der Waals surface area contributed by atoms with Crippen LogP contribution in [0.3, 0.4) is 0 Å². The molecule has 0 aliphatic carbocycles. The standard InChI is InChI=1S/C10H11ClN2O3S2/c1-7-5-8(12-16-7)6-13(2)18(14,15)10-4-3-9(11)17-10/h3-5H,6H2,1-2H3. The van der Waals surface area contributed by atoms with E-state index >= 15 is 0 Å². The monoisotopic (exact) mass is 306 g/mol. The van der Waals surface area contributed by atoms with Gasteiger partial charge in [-0.05, 0) is 19.1 Å². The molecule has 0 atom stereocenters. The Balaban J connectivity index is 2.20. The largest absolute Gasteiger partial charge is 0.361 e. The van der Waals surface area contributed by atoms with Gasteiger partial charge in [-0.2, -0.15) is 4.31 Å². The molecule has 18 heavy (non-hydrogen) atoms. The van der Waals surface area contributed by atoms with Gasteiger partial charge in [0.05, 0.1) is 16.6 Å². The van der Waals surface area contributed by atoms with Crippen LogP contribution in [0.1, 0.15) is 11.5 Å². The summed E-state index contributed by atoms with van der Waals surface area (Å²) < 4.78 is 31.1. The summed E-state index contributed by atoms with van der Waals surface area (Å²) in [6.07, 6.45) is 0. The van der Waals surface area contributed by atoms with Gasteiger partial charge >= 0.3 is 0 Å². The lowest BCUT2D eigenvalue weighted by Gasteiger charge is -2.13. The first-order valence-electron chi connectivity index (χ1n) is 5.03. The summed E-state index contributed by atoms with van der Waals surface area (Å²) in [4.78, 5) is 0. The van der Waals surface area contributed by atoms with Crippen LogP contribution in [0.4, 0.5) is 0 Å². The van der Waals surface area contributed by atoms with E-state index in [4.69, 9.17) is 16.1 Å². The van der Waals surface area contributed by atoms with Gasteiger partial charge < -0.3 is 4.52 Å². The molecule has 0 aromatic carbocycles. The SMILES string of the molecule is Cc1cc(CN(C)S(=O)(=O)c2ccc(Cl)s2)no1. The third kappa shape index (κ3) is 2.74. The van der Waals surface area contributed by atoms with Crippen LogP contribution < -0.4 is 0 Å². The fourth-order valence-corrected chi connectivity index (χ4v) is 4.23. The summed E-state index contributed by atoms with van der Waals surface area (Å²) in [5, 5.41) is 3.76. The number of aryl methyl sites for hydroxylation is 1. The van der Waals surface area contributed by atoms with Crippen molar-refractivity contribution in [3.63, 3.8) is 0 Å². The number of sulfonamides is 1. The van der Waals surface area contributed by atoms with E-state index in [0.29, 0.717) is 15.8 Å². The van der Waals surface area contributed by atoms with E-state index in [1.54, 1.807) is 19.1 Å². The third-order valence-corrected chi connectivity index (χ3v) is 5.78. The second-order valence-corrected chi connectivity index (χ2v) is 7.74. The molecule has 0 bridgehead atoms. The van der Waals surface area contributed by atoms with Crippen molar-refractivity contribution in [1.29, 1.82) is 0 Å². The Hall–Kier alpha value is -0.890. The molecule has 8 heteroatoms. The van der Waals surface area contributed by atoms with Crippen LogP contribution in [-0.2, 0) is 16.6 Å². The lowest BCUT2D eigenvalue weighted by Crippen LogP contribution is -2.25. The fourth-order valence-electron chi connectivity index (χ4n) is 1.40. The van der Waals surface area contributed by atoms with Gasteiger partial charge in [-0.25, -0.2) is 8.42 Å². The Bertz CT molecular complexity index is 648. The van der Waals surface area contributed by atoms with E-state index in [9.17, 15) is 8.42 Å². The van der Waals surface area contributed by atoms with E-state index in [0.717, 1.165) is 11.3 Å². The maximum atomic E-state index is 12.2. The molecule has 0 spiro atoms. The average molecular weight is 307 g/mol. The number of hydrogen-bond acceptors (Lipinski definition) is 5. The lowest BCUT2D eigenvalue weighted by molar-refractivity contribution is 0.378. The molecule has 5 nitrogen and oxygen atoms in total. The Kier molecular flexibility index (Phi) is 3.76. The molecule has 0 N–H and O–H groups in total. The molecule has 0 fully saturated rings. The summed E-state index contributed by atoms with van der Waals surface area (Å²) in [7, 11) is -2.03. The summed E-state index contributed by atoms with van der Waals surface area (Å²) in [5.74, 6) is 0.648. The number of nitrogens with zero attached hydrogens (tertiary/aromatic N) is 2. The highest BCUT2D eigenvalue weighted by Crippen LogP contribution is 2.28. The topological polar surface area (TPSA) is 63.4 Å². The summed E-state index contributed by atoms with van der Waals surface area (Å²) in [5.41, 5.74) is 0.571. The molecule has 0 saturated carbocycles. The number of rotatable bonds is 4. The second-order valence-electron chi connectivity index (χ2n) is 3.75. The van der Waals surface area contributed by atoms with Crippen LogP contribution in [0.2, 0.25) is 4.34 Å². The smallest absolute Gasteiger partial charge is 0.252 e. The van der Waals surface area contributed by atoms with Crippen molar-refractivity contribution >= 4 is 33.0 Å². The minimum absolute atomic E-state index is 0.162. The van der Waals surface area contributed by atoms with E-state index in [1.165, 1.54) is 17.4 Å². The molecule has 98 valence electrons. The van der Waals surface area contributed by atoms with Gasteiger partial charge in [-0.15, -0.1) is 11.3 Å². The third-order valence-electron chi connectivity index (χ3n) is 2.27. The molecule has 2 heterocycles. The van der Waals surface area contributed by atoms with Gasteiger partial charge in [0.25, 0.3) is 10.0 Å². The number of aromatic nitrogens is 1. The van der Waals surface area contributed by atoms with Crippen LogP contribution in [0.25, 0.3) is 0 Å². The minimum Gasteiger partial charge on any atom is -0.361 e. The van der Waals surface area contributed by atoms with Crippen LogP contribution in [0, 0.1) is 6.92 Å². The average Bonchev–Trinajstić information content (AvgIpc) is 2.88. The Morgan fingerprint density at radius 2 is 2.22 bits per heavy atom. The van der Waals surface area contributed by atoms with Crippen molar-refractivity contribution < 1.29 is 12.9 Å². The Morgan fingerprint density at radius 1 is 1.50 bits per heavy atom. The zero-order valence-electron chi connectivity index (χ0n) is 9.75. The second kappa shape index (κ2) is 5.00. The molecule has 0 aliphatic rings. The summed E-state index contributed by atoms with van der Waals surface area (Å²) >= 11 is 6.77. The maximum Gasteiger partial charge on any atom is 0.252 e. The van der Waals surface area contributed by atoms with Crippen LogP contribution >= 0.6 is 22.9 Å². The predicted molar refractivity (Wildman–Crippen MR) is 69.2 cm³/mol. The highest BCUT2D eigenvalue weighted by molar-refractivity contribution is 7.91. The van der Waals surface area contributed by atoms with Crippen LogP contribution in [0.5, 0.6) is 0 Å². The lowest BCUT2D eigenvalue weighted by atomic mass is 10.4. The normalized spacial score (nSPS) is 12.2. The summed E-state index contributed by atoms with van der Waals surface area (Å²) in [6, 6.07) is 4.76. The molecule has 0 radical (unpaired) electrons. The van der Waals surface area contributed by atoms with Crippen molar-refractivity contribution in [2.75, 3.05) is 7.05 Å². The highest BCUT2D eigenvalue weighted by atomic mass is 35.5. The van der Waals surface area contributed by atoms with Gasteiger partial charge in [0.15, 0.2) is 0 Å². The molecule has 0 aliphatic heterocycles. The van der Waals surface area contributed by atoms with Crippen LogP contribution in [-0.4, -0.2) is 24.9 Å². The first-order valence-corrected chi connectivity index (χ1v) is 7.67. The van der Waals surface area contributed by atoms with Crippen molar-refractivity contribution in [2.45, 2.75) is 17.7 Å². The van der Waals surface area contributed by atoms with Gasteiger partial charge in [0, 0.05) is 13.1 Å². The number of hydrogen-bond donors (Lipinski definition) is 0. The Labute approximate surface area is 114 Å². The molecular formula is C10H11ClN2O3S2. The van der Waals surface area contributed by atoms with Crippen LogP contribution in [0.15, 0.2) is 26.9 Å². The molecule has 0 unspecified atom stereocenters. The molecule has 0 amide bonds.